The lowest BCUT2D eigenvalue weighted by Gasteiger charge is -2.25. The van der Waals surface area contributed by atoms with E-state index in [0.717, 1.165) is 18.9 Å². The Labute approximate surface area is 108 Å². The highest BCUT2D eigenvalue weighted by molar-refractivity contribution is 5.99. The number of ether oxygens (including phenoxy) is 1. The Morgan fingerprint density at radius 2 is 2.28 bits per heavy atom. The first-order valence-electron chi connectivity index (χ1n) is 6.42. The van der Waals surface area contributed by atoms with Gasteiger partial charge < -0.3 is 15.8 Å². The topological polar surface area (TPSA) is 64.3 Å². The van der Waals surface area contributed by atoms with Crippen LogP contribution in [0.15, 0.2) is 18.2 Å². The fourth-order valence-corrected chi connectivity index (χ4v) is 2.13. The number of benzene rings is 1. The van der Waals surface area contributed by atoms with Crippen LogP contribution in [0.5, 0.6) is 5.75 Å². The average Bonchev–Trinajstić information content (AvgIpc) is 2.32. The first kappa shape index (κ1) is 12.7. The van der Waals surface area contributed by atoms with Gasteiger partial charge in [-0.1, -0.05) is 19.3 Å². The average molecular weight is 248 g/mol. The molecule has 1 aliphatic carbocycles. The van der Waals surface area contributed by atoms with Gasteiger partial charge >= 0.3 is 0 Å². The maximum atomic E-state index is 12.0. The maximum absolute atomic E-state index is 12.0. The van der Waals surface area contributed by atoms with Gasteiger partial charge in [-0.2, -0.15) is 0 Å². The minimum atomic E-state index is -0.120. The molecule has 98 valence electrons. The highest BCUT2D eigenvalue weighted by Crippen LogP contribution is 2.28. The van der Waals surface area contributed by atoms with E-state index in [9.17, 15) is 4.79 Å². The summed E-state index contributed by atoms with van der Waals surface area (Å²) in [6.45, 7) is 0.722. The van der Waals surface area contributed by atoms with Gasteiger partial charge in [0, 0.05) is 12.2 Å². The summed E-state index contributed by atoms with van der Waals surface area (Å²) in [5.41, 5.74) is 6.77. The monoisotopic (exact) mass is 248 g/mol. The van der Waals surface area contributed by atoms with E-state index in [1.165, 1.54) is 19.3 Å². The van der Waals surface area contributed by atoms with E-state index in [1.54, 1.807) is 25.3 Å². The van der Waals surface area contributed by atoms with E-state index < -0.39 is 0 Å². The Bertz CT molecular complexity index is 428. The number of hydrogen-bond acceptors (Lipinski definition) is 3. The van der Waals surface area contributed by atoms with Crippen LogP contribution in [0.4, 0.5) is 5.69 Å². The molecule has 1 aromatic rings. The Morgan fingerprint density at radius 3 is 2.89 bits per heavy atom. The third-order valence-electron chi connectivity index (χ3n) is 3.57. The number of carbonyl (C=O) groups is 1. The molecule has 3 N–H and O–H groups in total. The van der Waals surface area contributed by atoms with Gasteiger partial charge in [0.05, 0.1) is 12.7 Å². The van der Waals surface area contributed by atoms with Crippen molar-refractivity contribution in [1.82, 2.24) is 5.32 Å². The van der Waals surface area contributed by atoms with Crippen molar-refractivity contribution in [2.75, 3.05) is 19.4 Å². The van der Waals surface area contributed by atoms with E-state index in [2.05, 4.69) is 5.32 Å². The highest BCUT2D eigenvalue weighted by Gasteiger charge is 2.17. The Balaban J connectivity index is 1.90. The predicted molar refractivity (Wildman–Crippen MR) is 71.7 cm³/mol. The number of rotatable bonds is 5. The first-order valence-corrected chi connectivity index (χ1v) is 6.42. The van der Waals surface area contributed by atoms with E-state index >= 15 is 0 Å². The van der Waals surface area contributed by atoms with E-state index in [-0.39, 0.29) is 5.91 Å². The molecule has 0 spiro atoms. The van der Waals surface area contributed by atoms with E-state index in [0.29, 0.717) is 17.0 Å². The molecular weight excluding hydrogens is 228 g/mol. The Hall–Kier alpha value is -1.71. The minimum absolute atomic E-state index is 0.120. The van der Waals surface area contributed by atoms with Gasteiger partial charge in [-0.3, -0.25) is 4.79 Å². The van der Waals surface area contributed by atoms with Crippen molar-refractivity contribution < 1.29 is 9.53 Å². The molecule has 0 unspecified atom stereocenters. The van der Waals surface area contributed by atoms with Crippen molar-refractivity contribution in [1.29, 1.82) is 0 Å². The zero-order chi connectivity index (χ0) is 13.0. The largest absolute Gasteiger partial charge is 0.497 e. The lowest BCUT2D eigenvalue weighted by atomic mass is 9.83. The number of anilines is 1. The number of methoxy groups -OCH3 is 1. The molecule has 0 saturated heterocycles. The van der Waals surface area contributed by atoms with Gasteiger partial charge in [-0.25, -0.2) is 0 Å². The molecule has 18 heavy (non-hydrogen) atoms. The zero-order valence-electron chi connectivity index (χ0n) is 10.7. The van der Waals surface area contributed by atoms with Crippen molar-refractivity contribution in [3.63, 3.8) is 0 Å². The fourth-order valence-electron chi connectivity index (χ4n) is 2.13. The molecule has 1 aliphatic rings. The van der Waals surface area contributed by atoms with Crippen LogP contribution in [0.2, 0.25) is 0 Å². The van der Waals surface area contributed by atoms with Crippen molar-refractivity contribution in [3.8, 4) is 5.75 Å². The van der Waals surface area contributed by atoms with Gasteiger partial charge in [0.1, 0.15) is 5.75 Å². The van der Waals surface area contributed by atoms with Crippen LogP contribution in [0.1, 0.15) is 36.0 Å². The van der Waals surface area contributed by atoms with Crippen molar-refractivity contribution in [3.05, 3.63) is 23.8 Å². The van der Waals surface area contributed by atoms with Crippen molar-refractivity contribution in [2.45, 2.75) is 25.7 Å². The highest BCUT2D eigenvalue weighted by atomic mass is 16.5. The minimum Gasteiger partial charge on any atom is -0.497 e. The Morgan fingerprint density at radius 1 is 1.50 bits per heavy atom. The molecule has 4 nitrogen and oxygen atoms in total. The molecule has 1 fully saturated rings. The standard InChI is InChI=1S/C14H20N2O2/c1-18-11-5-6-13(15)12(9-11)14(17)16-8-7-10-3-2-4-10/h5-6,9-10H,2-4,7-8,15H2,1H3,(H,16,17). The second-order valence-corrected chi connectivity index (χ2v) is 4.79. The van der Waals surface area contributed by atoms with E-state index in [4.69, 9.17) is 10.5 Å². The molecule has 1 amide bonds. The molecule has 0 aliphatic heterocycles. The van der Waals surface area contributed by atoms with Crippen LogP contribution in [0.25, 0.3) is 0 Å². The number of nitrogens with two attached hydrogens (primary N) is 1. The second kappa shape index (κ2) is 5.76. The first-order chi connectivity index (χ1) is 8.70. The lowest BCUT2D eigenvalue weighted by Crippen LogP contribution is -2.28. The van der Waals surface area contributed by atoms with Crippen molar-refractivity contribution in [2.24, 2.45) is 5.92 Å². The summed E-state index contributed by atoms with van der Waals surface area (Å²) in [6, 6.07) is 5.12. The Kier molecular flexibility index (Phi) is 4.07. The summed E-state index contributed by atoms with van der Waals surface area (Å²) in [5, 5.41) is 2.92. The van der Waals surface area contributed by atoms with Crippen LogP contribution in [-0.4, -0.2) is 19.6 Å². The fraction of sp³-hybridized carbons (Fsp3) is 0.500. The summed E-state index contributed by atoms with van der Waals surface area (Å²) in [4.78, 5) is 12.0. The van der Waals surface area contributed by atoms with Crippen LogP contribution >= 0.6 is 0 Å². The molecule has 0 heterocycles. The lowest BCUT2D eigenvalue weighted by molar-refractivity contribution is 0.0949. The van der Waals surface area contributed by atoms with Gasteiger partial charge in [-0.05, 0) is 30.5 Å². The smallest absolute Gasteiger partial charge is 0.253 e. The summed E-state index contributed by atoms with van der Waals surface area (Å²) < 4.78 is 5.09. The molecule has 0 bridgehead atoms. The molecule has 0 aromatic heterocycles. The quantitative estimate of drug-likeness (QED) is 0.785. The maximum Gasteiger partial charge on any atom is 0.253 e. The number of carbonyl (C=O) groups excluding carboxylic acids is 1. The number of nitrogen functional groups attached to an aromatic ring is 1. The second-order valence-electron chi connectivity index (χ2n) is 4.79. The van der Waals surface area contributed by atoms with Crippen LogP contribution in [0, 0.1) is 5.92 Å². The van der Waals surface area contributed by atoms with Crippen molar-refractivity contribution >= 4 is 11.6 Å². The van der Waals surface area contributed by atoms with Gasteiger partial charge in [-0.15, -0.1) is 0 Å². The molecule has 1 aromatic carbocycles. The van der Waals surface area contributed by atoms with E-state index in [1.807, 2.05) is 0 Å². The number of nitrogens with one attached hydrogen (secondary N) is 1. The van der Waals surface area contributed by atoms with Crippen LogP contribution in [0.3, 0.4) is 0 Å². The normalized spacial score (nSPS) is 14.9. The van der Waals surface area contributed by atoms with Gasteiger partial charge in [0.15, 0.2) is 0 Å². The molecule has 1 saturated carbocycles. The molecule has 4 heteroatoms. The van der Waals surface area contributed by atoms with Gasteiger partial charge in [0.2, 0.25) is 0 Å². The third-order valence-corrected chi connectivity index (χ3v) is 3.57. The SMILES string of the molecule is COc1ccc(N)c(C(=O)NCCC2CCC2)c1. The summed E-state index contributed by atoms with van der Waals surface area (Å²) >= 11 is 0. The molecule has 2 rings (SSSR count). The number of amides is 1. The number of hydrogen-bond donors (Lipinski definition) is 2. The predicted octanol–water partition coefficient (Wildman–Crippen LogP) is 2.20. The summed E-state index contributed by atoms with van der Waals surface area (Å²) in [7, 11) is 1.57. The molecular formula is C14H20N2O2. The summed E-state index contributed by atoms with van der Waals surface area (Å²) in [6.07, 6.45) is 5.01. The molecule has 0 radical (unpaired) electrons. The van der Waals surface area contributed by atoms with Gasteiger partial charge in [0.25, 0.3) is 5.91 Å². The molecule has 0 atom stereocenters. The van der Waals surface area contributed by atoms with Crippen LogP contribution < -0.4 is 15.8 Å². The third kappa shape index (κ3) is 2.94. The zero-order valence-corrected chi connectivity index (χ0v) is 10.7. The van der Waals surface area contributed by atoms with Crippen LogP contribution in [-0.2, 0) is 0 Å². The summed E-state index contributed by atoms with van der Waals surface area (Å²) in [5.74, 6) is 1.33.